The molecule has 0 spiro atoms. The monoisotopic (exact) mass is 339 g/mol. The van der Waals surface area contributed by atoms with Gasteiger partial charge in [0.25, 0.3) is 0 Å². The van der Waals surface area contributed by atoms with Gasteiger partial charge in [0.2, 0.25) is 0 Å². The van der Waals surface area contributed by atoms with Crippen LogP contribution in [0.1, 0.15) is 61.9 Å². The van der Waals surface area contributed by atoms with Crippen LogP contribution in [0, 0.1) is 0 Å². The van der Waals surface area contributed by atoms with Crippen molar-refractivity contribution in [3.05, 3.63) is 29.3 Å². The van der Waals surface area contributed by atoms with E-state index in [1.165, 1.54) is 19.3 Å². The van der Waals surface area contributed by atoms with Gasteiger partial charge in [0.1, 0.15) is 5.75 Å². The Balaban J connectivity index is 0.00000264. The molecule has 0 saturated carbocycles. The van der Waals surface area contributed by atoms with Crippen LogP contribution in [0.25, 0.3) is 0 Å². The summed E-state index contributed by atoms with van der Waals surface area (Å²) in [5.41, 5.74) is 1.97. The first-order valence-electron chi connectivity index (χ1n) is 8.75. The van der Waals surface area contributed by atoms with E-state index in [9.17, 15) is 4.79 Å². The third-order valence-corrected chi connectivity index (χ3v) is 4.33. The first-order valence-corrected chi connectivity index (χ1v) is 8.75. The van der Waals surface area contributed by atoms with E-state index in [2.05, 4.69) is 18.7 Å². The zero-order valence-electron chi connectivity index (χ0n) is 14.5. The van der Waals surface area contributed by atoms with Crippen molar-refractivity contribution in [2.24, 2.45) is 0 Å². The quantitative estimate of drug-likeness (QED) is 0.652. The number of ketones is 1. The van der Waals surface area contributed by atoms with Gasteiger partial charge in [0.05, 0.1) is 6.61 Å². The minimum absolute atomic E-state index is 0. The number of ether oxygens (including phenoxy) is 1. The lowest BCUT2D eigenvalue weighted by Crippen LogP contribution is -2.31. The number of carbonyl (C=O) groups excluding carboxylic acids is 1. The van der Waals surface area contributed by atoms with Crippen molar-refractivity contribution in [1.82, 2.24) is 4.90 Å². The van der Waals surface area contributed by atoms with Crippen LogP contribution in [-0.2, 0) is 6.42 Å². The Morgan fingerprint density at radius 3 is 2.57 bits per heavy atom. The molecule has 0 aliphatic carbocycles. The van der Waals surface area contributed by atoms with Gasteiger partial charge in [0.15, 0.2) is 5.78 Å². The molecule has 1 aromatic carbocycles. The summed E-state index contributed by atoms with van der Waals surface area (Å²) in [5.74, 6) is 1.18. The molecule has 3 nitrogen and oxygen atoms in total. The first-order chi connectivity index (χ1) is 10.7. The second-order valence-corrected chi connectivity index (χ2v) is 6.10. The summed E-state index contributed by atoms with van der Waals surface area (Å²) in [6.07, 6.45) is 6.41. The van der Waals surface area contributed by atoms with Crippen LogP contribution in [0.4, 0.5) is 0 Å². The Morgan fingerprint density at radius 2 is 1.91 bits per heavy atom. The summed E-state index contributed by atoms with van der Waals surface area (Å²) in [6.45, 7) is 8.14. The fourth-order valence-electron chi connectivity index (χ4n) is 2.97. The highest BCUT2D eigenvalue weighted by Gasteiger charge is 2.14. The summed E-state index contributed by atoms with van der Waals surface area (Å²) >= 11 is 0. The van der Waals surface area contributed by atoms with Crippen LogP contribution in [0.2, 0.25) is 0 Å². The van der Waals surface area contributed by atoms with E-state index in [0.29, 0.717) is 6.42 Å². The summed E-state index contributed by atoms with van der Waals surface area (Å²) in [4.78, 5) is 14.8. The number of hydrogen-bond donors (Lipinski definition) is 0. The average molecular weight is 340 g/mol. The van der Waals surface area contributed by atoms with Gasteiger partial charge >= 0.3 is 0 Å². The molecular formula is C19H30ClNO2. The lowest BCUT2D eigenvalue weighted by Gasteiger charge is -2.26. The maximum Gasteiger partial charge on any atom is 0.164 e. The normalized spacial score (nSPS) is 15.0. The van der Waals surface area contributed by atoms with E-state index < -0.39 is 0 Å². The number of hydrogen-bond acceptors (Lipinski definition) is 3. The third kappa shape index (κ3) is 6.15. The van der Waals surface area contributed by atoms with Gasteiger partial charge in [0, 0.05) is 18.5 Å². The highest BCUT2D eigenvalue weighted by molar-refractivity contribution is 5.96. The number of aryl methyl sites for hydroxylation is 1. The molecule has 130 valence electrons. The van der Waals surface area contributed by atoms with Crippen molar-refractivity contribution >= 4 is 18.2 Å². The van der Waals surface area contributed by atoms with E-state index in [0.717, 1.165) is 56.0 Å². The Bertz CT molecular complexity index is 484. The lowest BCUT2D eigenvalue weighted by atomic mass is 10.0. The van der Waals surface area contributed by atoms with Gasteiger partial charge in [-0.15, -0.1) is 12.4 Å². The number of likely N-dealkylation sites (tertiary alicyclic amines) is 1. The van der Waals surface area contributed by atoms with E-state index in [1.807, 2.05) is 18.2 Å². The molecule has 1 aliphatic heterocycles. The van der Waals surface area contributed by atoms with Crippen molar-refractivity contribution in [2.45, 2.75) is 52.4 Å². The zero-order chi connectivity index (χ0) is 15.8. The summed E-state index contributed by atoms with van der Waals surface area (Å²) in [7, 11) is 0. The molecule has 1 heterocycles. The minimum Gasteiger partial charge on any atom is -0.493 e. The van der Waals surface area contributed by atoms with Crippen LogP contribution < -0.4 is 4.74 Å². The van der Waals surface area contributed by atoms with Crippen molar-refractivity contribution in [3.8, 4) is 5.75 Å². The van der Waals surface area contributed by atoms with Gasteiger partial charge in [-0.05, 0) is 62.5 Å². The van der Waals surface area contributed by atoms with Crippen molar-refractivity contribution in [2.75, 3.05) is 26.2 Å². The largest absolute Gasteiger partial charge is 0.493 e. The molecule has 0 unspecified atom stereocenters. The van der Waals surface area contributed by atoms with Crippen LogP contribution >= 0.6 is 12.4 Å². The fourth-order valence-corrected chi connectivity index (χ4v) is 2.97. The number of rotatable bonds is 8. The third-order valence-electron chi connectivity index (χ3n) is 4.33. The molecule has 1 aliphatic rings. The maximum atomic E-state index is 12.4. The maximum absolute atomic E-state index is 12.4. The van der Waals surface area contributed by atoms with Gasteiger partial charge in [-0.25, -0.2) is 0 Å². The van der Waals surface area contributed by atoms with E-state index in [1.54, 1.807) is 0 Å². The highest BCUT2D eigenvalue weighted by Crippen LogP contribution is 2.22. The van der Waals surface area contributed by atoms with Crippen molar-refractivity contribution in [3.63, 3.8) is 0 Å². The fraction of sp³-hybridized carbons (Fsp3) is 0.632. The van der Waals surface area contributed by atoms with Crippen LogP contribution in [0.15, 0.2) is 18.2 Å². The first kappa shape index (κ1) is 20.0. The van der Waals surface area contributed by atoms with Gasteiger partial charge < -0.3 is 9.64 Å². The number of carbonyl (C=O) groups is 1. The smallest absolute Gasteiger partial charge is 0.164 e. The lowest BCUT2D eigenvalue weighted by molar-refractivity contribution is 0.0958. The highest BCUT2D eigenvalue weighted by atomic mass is 35.5. The van der Waals surface area contributed by atoms with E-state index in [-0.39, 0.29) is 18.2 Å². The number of nitrogens with zero attached hydrogens (tertiary/aromatic N) is 1. The van der Waals surface area contributed by atoms with Crippen molar-refractivity contribution < 1.29 is 9.53 Å². The number of Topliss-reactive ketones (excluding diaryl/α,β-unsaturated/α-hetero) is 1. The molecule has 4 heteroatoms. The minimum atomic E-state index is 0. The predicted molar refractivity (Wildman–Crippen MR) is 98.1 cm³/mol. The predicted octanol–water partition coefficient (Wildman–Crippen LogP) is 4.52. The van der Waals surface area contributed by atoms with E-state index in [4.69, 9.17) is 4.74 Å². The Morgan fingerprint density at radius 1 is 1.17 bits per heavy atom. The zero-order valence-corrected chi connectivity index (χ0v) is 15.3. The van der Waals surface area contributed by atoms with Crippen LogP contribution in [0.3, 0.4) is 0 Å². The van der Waals surface area contributed by atoms with Crippen LogP contribution in [-0.4, -0.2) is 36.9 Å². The Labute approximate surface area is 146 Å². The summed E-state index contributed by atoms with van der Waals surface area (Å²) in [5, 5.41) is 0. The van der Waals surface area contributed by atoms with Gasteiger partial charge in [-0.1, -0.05) is 20.3 Å². The number of benzene rings is 1. The molecule has 0 N–H and O–H groups in total. The molecule has 23 heavy (non-hydrogen) atoms. The molecule has 0 radical (unpaired) electrons. The second kappa shape index (κ2) is 10.7. The molecule has 0 bridgehead atoms. The van der Waals surface area contributed by atoms with Gasteiger partial charge in [-0.3, -0.25) is 4.79 Å². The standard InChI is InChI=1S/C19H29NO2.ClH/c1-3-14-22-19-9-8-17(15-16(19)4-2)18(21)10-13-20-11-6-5-7-12-20;/h8-9,15H,3-7,10-14H2,1-2H3;1H. The Hall–Kier alpha value is -1.06. The second-order valence-electron chi connectivity index (χ2n) is 6.10. The summed E-state index contributed by atoms with van der Waals surface area (Å²) in [6, 6.07) is 5.90. The molecule has 1 saturated heterocycles. The molecule has 1 aromatic rings. The van der Waals surface area contributed by atoms with Gasteiger partial charge in [-0.2, -0.15) is 0 Å². The number of halogens is 1. The molecule has 0 amide bonds. The average Bonchev–Trinajstić information content (AvgIpc) is 2.58. The van der Waals surface area contributed by atoms with Crippen molar-refractivity contribution in [1.29, 1.82) is 0 Å². The molecule has 2 rings (SSSR count). The van der Waals surface area contributed by atoms with E-state index >= 15 is 0 Å². The van der Waals surface area contributed by atoms with Crippen LogP contribution in [0.5, 0.6) is 5.75 Å². The Kier molecular flexibility index (Phi) is 9.27. The molecular weight excluding hydrogens is 310 g/mol. The molecule has 1 fully saturated rings. The molecule has 0 atom stereocenters. The number of piperidine rings is 1. The summed E-state index contributed by atoms with van der Waals surface area (Å²) < 4.78 is 5.75. The SMILES string of the molecule is CCCOc1ccc(C(=O)CCN2CCCCC2)cc1CC.Cl. The topological polar surface area (TPSA) is 29.5 Å². The molecule has 0 aromatic heterocycles.